The number of Topliss-reactive ketones (excluding diaryl/α,β-unsaturated/α-hetero) is 1. The zero-order valence-corrected chi connectivity index (χ0v) is 23.0. The predicted octanol–water partition coefficient (Wildman–Crippen LogP) is 4.15. The third kappa shape index (κ3) is 5.37. The molecule has 1 amide bonds. The monoisotopic (exact) mass is 549 g/mol. The Labute approximate surface area is 212 Å². The fourth-order valence-electron chi connectivity index (χ4n) is 8.30. The minimum absolute atomic E-state index is 0.00578. The molecule has 5 N–H and O–H groups in total. The van der Waals surface area contributed by atoms with E-state index in [0.717, 1.165) is 57.8 Å². The number of amides is 1. The number of ketones is 1. The van der Waals surface area contributed by atoms with Crippen LogP contribution in [0.5, 0.6) is 0 Å². The number of hydrogen-bond acceptors (Lipinski definition) is 5. The smallest absolute Gasteiger partial charge is 0.407 e. The second-order valence-corrected chi connectivity index (χ2v) is 16.1. The molecular formula is C24H41NO9P2. The van der Waals surface area contributed by atoms with Gasteiger partial charge in [0.15, 0.2) is 5.40 Å². The van der Waals surface area contributed by atoms with Crippen LogP contribution in [0.3, 0.4) is 0 Å². The van der Waals surface area contributed by atoms with Gasteiger partial charge in [-0.1, -0.05) is 13.8 Å². The average Bonchev–Trinajstić information content (AvgIpc) is 3.06. The van der Waals surface area contributed by atoms with Crippen molar-refractivity contribution in [3.05, 3.63) is 0 Å². The molecule has 2 unspecified atom stereocenters. The van der Waals surface area contributed by atoms with Crippen LogP contribution >= 0.6 is 15.2 Å². The van der Waals surface area contributed by atoms with Crippen LogP contribution in [0.2, 0.25) is 0 Å². The maximum atomic E-state index is 12.6. The van der Waals surface area contributed by atoms with Gasteiger partial charge in [0.2, 0.25) is 0 Å². The van der Waals surface area contributed by atoms with Gasteiger partial charge in [0, 0.05) is 18.4 Å². The first-order valence-corrected chi connectivity index (χ1v) is 16.6. The van der Waals surface area contributed by atoms with E-state index in [1.54, 1.807) is 0 Å². The Kier molecular flexibility index (Phi) is 7.92. The van der Waals surface area contributed by atoms with Gasteiger partial charge in [-0.3, -0.25) is 13.9 Å². The molecule has 0 aromatic heterocycles. The molecule has 36 heavy (non-hydrogen) atoms. The molecule has 0 heterocycles. The Morgan fingerprint density at radius 3 is 2.39 bits per heavy atom. The number of nitrogens with one attached hydrogen (secondary N) is 1. The molecule has 10 nitrogen and oxygen atoms in total. The fraction of sp³-hybridized carbons (Fsp3) is 0.917. The number of hydrogen-bond donors (Lipinski definition) is 5. The summed E-state index contributed by atoms with van der Waals surface area (Å²) in [5.41, 5.74) is 0.0750. The molecule has 4 aliphatic carbocycles. The van der Waals surface area contributed by atoms with Crippen LogP contribution in [0, 0.1) is 34.5 Å². The van der Waals surface area contributed by atoms with Gasteiger partial charge in [-0.15, -0.1) is 0 Å². The summed E-state index contributed by atoms with van der Waals surface area (Å²) in [6.07, 6.45) is 7.46. The van der Waals surface area contributed by atoms with E-state index in [0.29, 0.717) is 29.5 Å². The lowest BCUT2D eigenvalue weighted by Crippen LogP contribution is -2.54. The number of ether oxygens (including phenoxy) is 1. The molecule has 0 spiro atoms. The topological polar surface area (TPSA) is 170 Å². The van der Waals surface area contributed by atoms with Crippen LogP contribution in [-0.2, 0) is 18.7 Å². The normalized spacial score (nSPS) is 38.8. The Bertz CT molecular complexity index is 941. The average molecular weight is 550 g/mol. The van der Waals surface area contributed by atoms with Gasteiger partial charge in [-0.2, -0.15) is 0 Å². The molecule has 4 fully saturated rings. The molecule has 206 valence electrons. The zero-order valence-electron chi connectivity index (χ0n) is 21.2. The van der Waals surface area contributed by atoms with Gasteiger partial charge < -0.3 is 29.6 Å². The van der Waals surface area contributed by atoms with Crippen LogP contribution in [0.15, 0.2) is 0 Å². The van der Waals surface area contributed by atoms with Gasteiger partial charge in [-0.25, -0.2) is 4.79 Å². The van der Waals surface area contributed by atoms with Crippen LogP contribution in [0.25, 0.3) is 0 Å². The lowest BCUT2D eigenvalue weighted by Gasteiger charge is -2.60. The third-order valence-corrected chi connectivity index (χ3v) is 14.2. The van der Waals surface area contributed by atoms with Crippen molar-refractivity contribution < 1.29 is 43.0 Å². The second kappa shape index (κ2) is 10.1. The highest BCUT2D eigenvalue weighted by Crippen LogP contribution is 2.65. The van der Waals surface area contributed by atoms with Crippen LogP contribution < -0.4 is 5.32 Å². The quantitative estimate of drug-likeness (QED) is 0.231. The van der Waals surface area contributed by atoms with Crippen LogP contribution in [0.1, 0.15) is 84.5 Å². The Hall–Kier alpha value is -0.760. The maximum absolute atomic E-state index is 12.6. The van der Waals surface area contributed by atoms with Crippen LogP contribution in [-0.4, -0.2) is 49.5 Å². The summed E-state index contributed by atoms with van der Waals surface area (Å²) in [7, 11) is -9.92. The Morgan fingerprint density at radius 2 is 1.72 bits per heavy atom. The van der Waals surface area contributed by atoms with Gasteiger partial charge in [0.25, 0.3) is 0 Å². The highest BCUT2D eigenvalue weighted by molar-refractivity contribution is 7.70. The van der Waals surface area contributed by atoms with E-state index in [1.807, 2.05) is 0 Å². The fourth-order valence-corrected chi connectivity index (χ4v) is 10.9. The predicted molar refractivity (Wildman–Crippen MR) is 132 cm³/mol. The zero-order chi connectivity index (χ0) is 26.5. The SMILES string of the molecule is C[C@]12CCC(OC(=O)NCCCC(P(=O)(O)O)P(=O)(O)O)CC1CC[C@@H]1[C@H]2CC[C@]2(C)C(=O)CC[C@@H]12. The van der Waals surface area contributed by atoms with E-state index in [1.165, 1.54) is 0 Å². The molecule has 0 aliphatic heterocycles. The van der Waals surface area contributed by atoms with Crippen molar-refractivity contribution in [2.24, 2.45) is 34.5 Å². The highest BCUT2D eigenvalue weighted by atomic mass is 31.2. The number of rotatable bonds is 7. The summed E-state index contributed by atoms with van der Waals surface area (Å²) < 4.78 is 28.4. The van der Waals surface area contributed by atoms with E-state index in [9.17, 15) is 38.3 Å². The van der Waals surface area contributed by atoms with Crippen molar-refractivity contribution in [1.29, 1.82) is 0 Å². The molecular weight excluding hydrogens is 508 g/mol. The standard InChI is InChI=1S/C24H41NO9P2/c1-23-11-9-16(34-22(27)25-13-3-4-21(35(28,29)30)36(31,32)33)14-15(23)5-6-17-18-7-8-20(26)24(18,2)12-10-19(17)23/h15-19,21H,3-14H2,1-2H3,(H,25,27)(H2,28,29,30)(H2,31,32,33)/t15?,16?,17-,18-,19+,23-,24-/m0/s1. The first-order valence-electron chi connectivity index (χ1n) is 13.2. The van der Waals surface area contributed by atoms with Crippen molar-refractivity contribution >= 4 is 27.1 Å². The Balaban J connectivity index is 1.26. The van der Waals surface area contributed by atoms with Crippen LogP contribution in [0.4, 0.5) is 4.79 Å². The number of fused-ring (bicyclic) bond motifs is 5. The summed E-state index contributed by atoms with van der Waals surface area (Å²) in [6, 6.07) is 0. The summed E-state index contributed by atoms with van der Waals surface area (Å²) >= 11 is 0. The first-order chi connectivity index (χ1) is 16.7. The second-order valence-electron chi connectivity index (χ2n) is 12.1. The summed E-state index contributed by atoms with van der Waals surface area (Å²) in [6.45, 7) is 4.61. The largest absolute Gasteiger partial charge is 0.446 e. The van der Waals surface area contributed by atoms with Gasteiger partial charge >= 0.3 is 21.3 Å². The molecule has 12 heteroatoms. The van der Waals surface area contributed by atoms with Crippen molar-refractivity contribution in [3.8, 4) is 0 Å². The van der Waals surface area contributed by atoms with Gasteiger partial charge in [0.05, 0.1) is 0 Å². The minimum Gasteiger partial charge on any atom is -0.446 e. The first kappa shape index (κ1) is 28.3. The lowest BCUT2D eigenvalue weighted by atomic mass is 9.45. The lowest BCUT2D eigenvalue weighted by molar-refractivity contribution is -0.142. The van der Waals surface area contributed by atoms with E-state index >= 15 is 0 Å². The van der Waals surface area contributed by atoms with Crippen molar-refractivity contribution in [2.45, 2.75) is 96.0 Å². The van der Waals surface area contributed by atoms with Gasteiger partial charge in [-0.05, 0) is 93.3 Å². The summed E-state index contributed by atoms with van der Waals surface area (Å²) in [5.74, 6) is 2.67. The van der Waals surface area contributed by atoms with Crippen molar-refractivity contribution in [1.82, 2.24) is 5.32 Å². The minimum atomic E-state index is -4.96. The molecule has 7 atom stereocenters. The molecule has 0 saturated heterocycles. The number of carbonyl (C=O) groups is 2. The summed E-state index contributed by atoms with van der Waals surface area (Å²) in [5, 5.41) is 0.488. The van der Waals surface area contributed by atoms with Crippen molar-refractivity contribution in [2.75, 3.05) is 6.54 Å². The van der Waals surface area contributed by atoms with Gasteiger partial charge in [0.1, 0.15) is 11.9 Å². The molecule has 4 saturated carbocycles. The highest BCUT2D eigenvalue weighted by Gasteiger charge is 2.60. The third-order valence-electron chi connectivity index (χ3n) is 10.3. The van der Waals surface area contributed by atoms with E-state index in [2.05, 4.69) is 19.2 Å². The van der Waals surface area contributed by atoms with E-state index in [4.69, 9.17) is 4.74 Å². The van der Waals surface area contributed by atoms with E-state index in [-0.39, 0.29) is 29.9 Å². The number of carbonyl (C=O) groups excluding carboxylic acids is 2. The molecule has 0 aromatic rings. The van der Waals surface area contributed by atoms with E-state index < -0.39 is 33.1 Å². The Morgan fingerprint density at radius 1 is 1.03 bits per heavy atom. The summed E-state index contributed by atoms with van der Waals surface area (Å²) in [4.78, 5) is 61.7. The molecule has 0 aromatic carbocycles. The molecule has 4 aliphatic rings. The molecule has 4 rings (SSSR count). The number of alkyl carbamates (subject to hydrolysis) is 1. The maximum Gasteiger partial charge on any atom is 0.407 e. The van der Waals surface area contributed by atoms with Crippen molar-refractivity contribution in [3.63, 3.8) is 0 Å². The molecule has 0 bridgehead atoms. The molecule has 0 radical (unpaired) electrons.